The van der Waals surface area contributed by atoms with Crippen LogP contribution in [0.15, 0.2) is 36.9 Å². The number of nitrogens with zero attached hydrogens (tertiary/aromatic N) is 1. The van der Waals surface area contributed by atoms with E-state index >= 15 is 0 Å². The first kappa shape index (κ1) is 18.5. The average Bonchev–Trinajstić information content (AvgIpc) is 2.42. The summed E-state index contributed by atoms with van der Waals surface area (Å²) in [5, 5.41) is 3.39. The molecule has 19 heavy (non-hydrogen) atoms. The number of hydrogen-bond donors (Lipinski definition) is 1. The number of nitrogens with one attached hydrogen (secondary N) is 1. The first-order valence-electron chi connectivity index (χ1n) is 6.51. The van der Waals surface area contributed by atoms with Gasteiger partial charge >= 0.3 is 0 Å². The minimum Gasteiger partial charge on any atom is -0.314 e. The lowest BCUT2D eigenvalue weighted by Crippen LogP contribution is -2.44. The fourth-order valence-electron chi connectivity index (χ4n) is 2.41. The van der Waals surface area contributed by atoms with Gasteiger partial charge in [0.15, 0.2) is 0 Å². The van der Waals surface area contributed by atoms with Gasteiger partial charge in [0.2, 0.25) is 0 Å². The van der Waals surface area contributed by atoms with E-state index in [1.54, 1.807) is 0 Å². The Morgan fingerprint density at radius 1 is 1.21 bits per heavy atom. The van der Waals surface area contributed by atoms with Gasteiger partial charge in [0.1, 0.15) is 0 Å². The molecule has 1 saturated heterocycles. The molecule has 1 heterocycles. The maximum Gasteiger partial charge on any atom is 0.0529 e. The SMILES string of the molecule is C=C[C@H](c1ccc(CC)cc1)N1CCNCC1.Cl.Cl. The molecule has 2 rings (SSSR count). The molecule has 108 valence electrons. The van der Waals surface area contributed by atoms with Gasteiger partial charge in [-0.3, -0.25) is 4.90 Å². The largest absolute Gasteiger partial charge is 0.314 e. The summed E-state index contributed by atoms with van der Waals surface area (Å²) in [6.07, 6.45) is 3.17. The van der Waals surface area contributed by atoms with Crippen molar-refractivity contribution >= 4 is 24.8 Å². The van der Waals surface area contributed by atoms with Crippen LogP contribution in [0.3, 0.4) is 0 Å². The van der Waals surface area contributed by atoms with E-state index in [4.69, 9.17) is 0 Å². The highest BCUT2D eigenvalue weighted by Gasteiger charge is 2.18. The summed E-state index contributed by atoms with van der Waals surface area (Å²) in [6.45, 7) is 10.6. The van der Waals surface area contributed by atoms with Gasteiger partial charge in [-0.2, -0.15) is 0 Å². The zero-order chi connectivity index (χ0) is 12.1. The first-order valence-corrected chi connectivity index (χ1v) is 6.51. The van der Waals surface area contributed by atoms with Crippen molar-refractivity contribution in [2.45, 2.75) is 19.4 Å². The Balaban J connectivity index is 0.00000162. The third kappa shape index (κ3) is 4.81. The van der Waals surface area contributed by atoms with Crippen molar-refractivity contribution in [1.29, 1.82) is 0 Å². The lowest BCUT2D eigenvalue weighted by molar-refractivity contribution is 0.203. The lowest BCUT2D eigenvalue weighted by atomic mass is 10.0. The molecule has 0 saturated carbocycles. The number of halogens is 2. The van der Waals surface area contributed by atoms with Crippen molar-refractivity contribution in [2.24, 2.45) is 0 Å². The van der Waals surface area contributed by atoms with Crippen LogP contribution in [0.2, 0.25) is 0 Å². The van der Waals surface area contributed by atoms with Crippen LogP contribution in [0.5, 0.6) is 0 Å². The van der Waals surface area contributed by atoms with Crippen molar-refractivity contribution < 1.29 is 0 Å². The minimum atomic E-state index is 0. The summed E-state index contributed by atoms with van der Waals surface area (Å²) in [7, 11) is 0. The van der Waals surface area contributed by atoms with Crippen molar-refractivity contribution in [3.8, 4) is 0 Å². The molecule has 1 aliphatic rings. The number of aryl methyl sites for hydroxylation is 1. The van der Waals surface area contributed by atoms with Gasteiger partial charge in [-0.05, 0) is 17.5 Å². The van der Waals surface area contributed by atoms with Gasteiger partial charge in [-0.1, -0.05) is 37.3 Å². The van der Waals surface area contributed by atoms with Crippen LogP contribution in [-0.4, -0.2) is 31.1 Å². The fourth-order valence-corrected chi connectivity index (χ4v) is 2.41. The number of rotatable bonds is 4. The quantitative estimate of drug-likeness (QED) is 0.859. The second kappa shape index (κ2) is 9.38. The number of hydrogen-bond acceptors (Lipinski definition) is 2. The second-order valence-corrected chi connectivity index (χ2v) is 4.56. The molecule has 0 aromatic heterocycles. The third-order valence-electron chi connectivity index (χ3n) is 3.50. The molecule has 1 atom stereocenters. The molecule has 0 unspecified atom stereocenters. The van der Waals surface area contributed by atoms with Crippen LogP contribution in [0.25, 0.3) is 0 Å². The van der Waals surface area contributed by atoms with Crippen LogP contribution in [0.1, 0.15) is 24.1 Å². The summed E-state index contributed by atoms with van der Waals surface area (Å²) in [4.78, 5) is 2.49. The smallest absolute Gasteiger partial charge is 0.0529 e. The minimum absolute atomic E-state index is 0. The van der Waals surface area contributed by atoms with Crippen molar-refractivity contribution in [3.63, 3.8) is 0 Å². The molecule has 0 aliphatic carbocycles. The molecule has 0 bridgehead atoms. The van der Waals surface area contributed by atoms with Crippen LogP contribution >= 0.6 is 24.8 Å². The molecule has 0 radical (unpaired) electrons. The highest BCUT2D eigenvalue weighted by Crippen LogP contribution is 2.22. The Hall–Kier alpha value is -0.540. The van der Waals surface area contributed by atoms with Gasteiger partial charge in [-0.15, -0.1) is 31.4 Å². The standard InChI is InChI=1S/C15H22N2.2ClH/c1-3-13-5-7-14(8-6-13)15(4-2)17-11-9-16-10-12-17;;/h4-8,15-16H,2-3,9-12H2,1H3;2*1H/t15-;;/m1../s1. The molecule has 1 aromatic rings. The topological polar surface area (TPSA) is 15.3 Å². The fraction of sp³-hybridized carbons (Fsp3) is 0.467. The molecule has 2 nitrogen and oxygen atoms in total. The molecular formula is C15H24Cl2N2. The van der Waals surface area contributed by atoms with Crippen LogP contribution in [0.4, 0.5) is 0 Å². The highest BCUT2D eigenvalue weighted by atomic mass is 35.5. The van der Waals surface area contributed by atoms with E-state index in [0.29, 0.717) is 6.04 Å². The van der Waals surface area contributed by atoms with Crippen molar-refractivity contribution in [2.75, 3.05) is 26.2 Å². The summed E-state index contributed by atoms with van der Waals surface area (Å²) >= 11 is 0. The van der Waals surface area contributed by atoms with Gasteiger partial charge < -0.3 is 5.32 Å². The summed E-state index contributed by atoms with van der Waals surface area (Å²) in [5.74, 6) is 0. The van der Waals surface area contributed by atoms with Gasteiger partial charge in [-0.25, -0.2) is 0 Å². The molecular weight excluding hydrogens is 279 g/mol. The zero-order valence-corrected chi connectivity index (χ0v) is 13.1. The molecule has 0 spiro atoms. The van der Waals surface area contributed by atoms with E-state index in [1.807, 2.05) is 0 Å². The van der Waals surface area contributed by atoms with E-state index in [9.17, 15) is 0 Å². The van der Waals surface area contributed by atoms with Crippen molar-refractivity contribution in [3.05, 3.63) is 48.0 Å². The predicted molar refractivity (Wildman–Crippen MR) is 87.7 cm³/mol. The van der Waals surface area contributed by atoms with E-state index < -0.39 is 0 Å². The first-order chi connectivity index (χ1) is 8.35. The van der Waals surface area contributed by atoms with Gasteiger partial charge in [0, 0.05) is 26.2 Å². The zero-order valence-electron chi connectivity index (χ0n) is 11.5. The highest BCUT2D eigenvalue weighted by molar-refractivity contribution is 5.85. The maximum atomic E-state index is 3.99. The van der Waals surface area contributed by atoms with E-state index in [2.05, 4.69) is 54.1 Å². The Morgan fingerprint density at radius 2 is 1.79 bits per heavy atom. The summed E-state index contributed by atoms with van der Waals surface area (Å²) in [6, 6.07) is 9.31. The monoisotopic (exact) mass is 302 g/mol. The summed E-state index contributed by atoms with van der Waals surface area (Å²) < 4.78 is 0. The van der Waals surface area contributed by atoms with Gasteiger partial charge in [0.05, 0.1) is 6.04 Å². The Bertz CT molecular complexity index is 359. The predicted octanol–water partition coefficient (Wildman–Crippen LogP) is 3.22. The van der Waals surface area contributed by atoms with Crippen LogP contribution < -0.4 is 5.32 Å². The maximum absolute atomic E-state index is 3.99. The normalized spacial score (nSPS) is 16.9. The number of piperazine rings is 1. The molecule has 1 fully saturated rings. The van der Waals surface area contributed by atoms with Crippen molar-refractivity contribution in [1.82, 2.24) is 10.2 Å². The van der Waals surface area contributed by atoms with Gasteiger partial charge in [0.25, 0.3) is 0 Å². The lowest BCUT2D eigenvalue weighted by Gasteiger charge is -2.33. The second-order valence-electron chi connectivity index (χ2n) is 4.56. The van der Waals surface area contributed by atoms with E-state index in [0.717, 1.165) is 32.6 Å². The Labute approximate surface area is 129 Å². The van der Waals surface area contributed by atoms with E-state index in [1.165, 1.54) is 11.1 Å². The van der Waals surface area contributed by atoms with Crippen LogP contribution in [0, 0.1) is 0 Å². The van der Waals surface area contributed by atoms with Crippen LogP contribution in [-0.2, 0) is 6.42 Å². The van der Waals surface area contributed by atoms with E-state index in [-0.39, 0.29) is 24.8 Å². The molecule has 1 aromatic carbocycles. The molecule has 1 aliphatic heterocycles. The summed E-state index contributed by atoms with van der Waals surface area (Å²) in [5.41, 5.74) is 2.76. The number of benzene rings is 1. The Morgan fingerprint density at radius 3 is 2.26 bits per heavy atom. The molecule has 4 heteroatoms. The average molecular weight is 303 g/mol. The molecule has 0 amide bonds. The molecule has 1 N–H and O–H groups in total. The third-order valence-corrected chi connectivity index (χ3v) is 3.50. The Kier molecular flexibility index (Phi) is 9.11.